The Morgan fingerprint density at radius 1 is 0.561 bits per heavy atom. The number of ether oxygens (including phenoxy) is 4. The molecule has 0 aliphatic rings. The van der Waals surface area contributed by atoms with E-state index >= 15 is 0 Å². The topological polar surface area (TPSA) is 99.3 Å². The zero-order valence-corrected chi connectivity index (χ0v) is 31.6. The minimum atomic E-state index is -0.0946. The maximum absolute atomic E-state index is 10.7. The Balaban J connectivity index is -0.000000251. The summed E-state index contributed by atoms with van der Waals surface area (Å²) in [7, 11) is 6.89. The van der Waals surface area contributed by atoms with Gasteiger partial charge in [0.25, 0.3) is 0 Å². The number of nitrogens with zero attached hydrogens (tertiary/aromatic N) is 2. The van der Waals surface area contributed by atoms with Crippen molar-refractivity contribution in [1.29, 1.82) is 0 Å². The maximum atomic E-state index is 10.7. The quantitative estimate of drug-likeness (QED) is 0.0682. The van der Waals surface area contributed by atoms with Crippen LogP contribution in [0.3, 0.4) is 0 Å². The predicted octanol–water partition coefficient (Wildman–Crippen LogP) is 6.52. The second-order valence-corrected chi connectivity index (χ2v) is 15.7. The van der Waals surface area contributed by atoms with Crippen molar-refractivity contribution in [1.82, 2.24) is 0 Å². The van der Waals surface area contributed by atoms with Crippen LogP contribution in [-0.2, 0) is 48.6 Å². The van der Waals surface area contributed by atoms with Crippen LogP contribution >= 0.6 is 15.8 Å². The molecule has 0 aromatic carbocycles. The molecule has 0 saturated heterocycles. The number of ketones is 2. The van der Waals surface area contributed by atoms with E-state index in [-0.39, 0.29) is 47.5 Å². The Morgan fingerprint density at radius 2 is 0.805 bits per heavy atom. The van der Waals surface area contributed by atoms with Gasteiger partial charge in [-0.15, -0.1) is 13.1 Å². The molecular formula is C30H62N2O6P2Tc. The largest absolute Gasteiger partial charge is 0.689 e. The molecule has 0 aromatic heterocycles. The molecule has 11 heteroatoms. The SMILES string of the molecule is CC(=O)/C=C(/C)[N-]CC[N-]/C(C)=C\C(C)=O.COCCC[PH+](C)CCCOC.COCCC[PH+](C)CCCOC.[99Tc]. The second-order valence-electron chi connectivity index (χ2n) is 9.86. The van der Waals surface area contributed by atoms with E-state index in [1.807, 2.05) is 0 Å². The van der Waals surface area contributed by atoms with Gasteiger partial charge in [0.1, 0.15) is 0 Å². The van der Waals surface area contributed by atoms with Crippen LogP contribution in [0.15, 0.2) is 23.5 Å². The molecule has 0 bridgehead atoms. The van der Waals surface area contributed by atoms with Gasteiger partial charge in [0.15, 0.2) is 11.6 Å². The van der Waals surface area contributed by atoms with Gasteiger partial charge in [0.2, 0.25) is 0 Å². The third kappa shape index (κ3) is 46.9. The molecule has 245 valence electrons. The third-order valence-electron chi connectivity index (χ3n) is 5.45. The van der Waals surface area contributed by atoms with Gasteiger partial charge in [0, 0.05) is 114 Å². The number of allylic oxidation sites excluding steroid dienone is 4. The average molecular weight is 708 g/mol. The molecule has 0 amide bonds. The van der Waals surface area contributed by atoms with Crippen LogP contribution in [0, 0.1) is 0 Å². The number of hydrogen-bond acceptors (Lipinski definition) is 6. The fourth-order valence-electron chi connectivity index (χ4n) is 3.46. The zero-order valence-electron chi connectivity index (χ0n) is 27.8. The van der Waals surface area contributed by atoms with Crippen LogP contribution in [0.5, 0.6) is 0 Å². The summed E-state index contributed by atoms with van der Waals surface area (Å²) < 4.78 is 20.0. The van der Waals surface area contributed by atoms with E-state index in [1.165, 1.54) is 76.3 Å². The smallest absolute Gasteiger partial charge is 0.151 e. The van der Waals surface area contributed by atoms with Gasteiger partial charge in [0.05, 0.1) is 24.6 Å². The van der Waals surface area contributed by atoms with Gasteiger partial charge in [-0.2, -0.15) is 11.4 Å². The molecule has 0 aromatic rings. The van der Waals surface area contributed by atoms with Gasteiger partial charge < -0.3 is 29.6 Å². The van der Waals surface area contributed by atoms with E-state index in [1.54, 1.807) is 42.3 Å². The van der Waals surface area contributed by atoms with Crippen molar-refractivity contribution in [3.63, 3.8) is 0 Å². The van der Waals surface area contributed by atoms with E-state index in [4.69, 9.17) is 18.9 Å². The van der Waals surface area contributed by atoms with E-state index in [2.05, 4.69) is 24.0 Å². The molecule has 41 heavy (non-hydrogen) atoms. The minimum Gasteiger partial charge on any atom is -0.689 e. The first kappa shape index (κ1) is 47.7. The summed E-state index contributed by atoms with van der Waals surface area (Å²) in [6.07, 6.45) is 13.4. The molecule has 0 heterocycles. The number of hydrogen-bond donors (Lipinski definition) is 0. The Labute approximate surface area is 268 Å². The van der Waals surface area contributed by atoms with Gasteiger partial charge in [-0.1, -0.05) is 13.8 Å². The molecule has 0 N–H and O–H groups in total. The van der Waals surface area contributed by atoms with Crippen molar-refractivity contribution in [2.45, 2.75) is 53.4 Å². The fourth-order valence-corrected chi connectivity index (χ4v) is 6.95. The summed E-state index contributed by atoms with van der Waals surface area (Å²) in [4.78, 5) is 21.4. The van der Waals surface area contributed by atoms with Crippen molar-refractivity contribution in [2.75, 3.05) is 106 Å². The number of methoxy groups -OCH3 is 4. The van der Waals surface area contributed by atoms with Gasteiger partial charge in [-0.25, -0.2) is 0 Å². The molecule has 0 atom stereocenters. The molecule has 0 rings (SSSR count). The Bertz CT molecular complexity index is 580. The minimum absolute atomic E-state index is 0. The monoisotopic (exact) mass is 707 g/mol. The summed E-state index contributed by atoms with van der Waals surface area (Å²) in [5.74, 6) is -0.0170. The zero-order chi connectivity index (χ0) is 31.0. The Hall–Kier alpha value is -0.231. The molecule has 0 aliphatic carbocycles. The van der Waals surface area contributed by atoms with E-state index in [0.29, 0.717) is 24.5 Å². The van der Waals surface area contributed by atoms with E-state index in [9.17, 15) is 9.59 Å². The van der Waals surface area contributed by atoms with Crippen LogP contribution in [0.25, 0.3) is 10.6 Å². The molecule has 0 aliphatic heterocycles. The van der Waals surface area contributed by atoms with Crippen LogP contribution in [0.2, 0.25) is 0 Å². The first-order valence-electron chi connectivity index (χ1n) is 14.3. The molecule has 8 nitrogen and oxygen atoms in total. The first-order valence-corrected chi connectivity index (χ1v) is 19.2. The number of rotatable bonds is 23. The van der Waals surface area contributed by atoms with Crippen LogP contribution < -0.4 is 0 Å². The summed E-state index contributed by atoms with van der Waals surface area (Å²) in [5, 5.41) is 8.30. The molecular weight excluding hydrogens is 645 g/mol. The van der Waals surface area contributed by atoms with E-state index in [0.717, 1.165) is 26.4 Å². The van der Waals surface area contributed by atoms with Gasteiger partial charge >= 0.3 is 0 Å². The van der Waals surface area contributed by atoms with Crippen LogP contribution in [-0.4, -0.2) is 118 Å². The maximum Gasteiger partial charge on any atom is 0.151 e. The van der Waals surface area contributed by atoms with E-state index < -0.39 is 0 Å². The third-order valence-corrected chi connectivity index (χ3v) is 10.3. The summed E-state index contributed by atoms with van der Waals surface area (Å²) >= 11 is 0. The van der Waals surface area contributed by atoms with Crippen molar-refractivity contribution < 1.29 is 48.6 Å². The summed E-state index contributed by atoms with van der Waals surface area (Å²) in [6, 6.07) is 0. The Morgan fingerprint density at radius 3 is 1.00 bits per heavy atom. The van der Waals surface area contributed by atoms with Gasteiger partial charge in [-0.05, 0) is 41.8 Å². The molecule has 0 saturated carbocycles. The normalized spacial score (nSPS) is 11.2. The molecule has 0 fully saturated rings. The van der Waals surface area contributed by atoms with Gasteiger partial charge in [-0.3, -0.25) is 9.59 Å². The second kappa shape index (κ2) is 37.8. The molecule has 1 radical (unpaired) electrons. The van der Waals surface area contributed by atoms with Crippen molar-refractivity contribution in [3.05, 3.63) is 34.2 Å². The number of carbonyl (C=O) groups excluding carboxylic acids is 2. The van der Waals surface area contributed by atoms with Crippen molar-refractivity contribution in [3.8, 4) is 0 Å². The first-order chi connectivity index (χ1) is 19.0. The van der Waals surface area contributed by atoms with Crippen LogP contribution in [0.4, 0.5) is 0 Å². The Kier molecular flexibility index (Phi) is 44.0. The fraction of sp³-hybridized carbons (Fsp3) is 0.800. The standard InChI is InChI=1S/C12H20N2O2.2C9H21O2P.Tc/c1-9(7-11(3)15)13-5-6-14-10(2)8-12(4)16;2*1-10-6-4-8-12(3)9-5-7-11-2;/h7-8H,5-6H2,1-4H3,(H2,13,14,15,16);2*4-9H2,1-3H3;/i;;;1+1. The van der Waals surface area contributed by atoms with Crippen LogP contribution in [0.1, 0.15) is 53.4 Å². The summed E-state index contributed by atoms with van der Waals surface area (Å²) in [6.45, 7) is 16.1. The predicted molar refractivity (Wildman–Crippen MR) is 179 cm³/mol. The molecule has 0 spiro atoms. The molecule has 0 unspecified atom stereocenters. The van der Waals surface area contributed by atoms with Crippen molar-refractivity contribution in [2.24, 2.45) is 0 Å². The average Bonchev–Trinajstić information content (AvgIpc) is 2.87. The van der Waals surface area contributed by atoms with Crippen molar-refractivity contribution >= 4 is 27.4 Å². The summed E-state index contributed by atoms with van der Waals surface area (Å²) in [5.41, 5.74) is 1.41. The number of carbonyl (C=O) groups is 2.